The highest BCUT2D eigenvalue weighted by atomic mass is 16.8. The molecule has 0 aromatic rings. The van der Waals surface area contributed by atoms with E-state index in [0.717, 1.165) is 13.8 Å². The van der Waals surface area contributed by atoms with Crippen molar-refractivity contribution in [2.75, 3.05) is 39.6 Å². The minimum absolute atomic E-state index is 0.743. The first-order chi connectivity index (χ1) is 29.3. The molecule has 0 saturated carbocycles. The Morgan fingerprint density at radius 2 is 0.968 bits per heavy atom. The van der Waals surface area contributed by atoms with Gasteiger partial charge in [0.15, 0.2) is 25.2 Å². The van der Waals surface area contributed by atoms with Crippen molar-refractivity contribution in [2.24, 2.45) is 0 Å². The molecule has 0 spiro atoms. The summed E-state index contributed by atoms with van der Waals surface area (Å²) in [5, 5.41) is 172. The average Bonchev–Trinajstić information content (AvgIpc) is 3.24. The molecule has 62 heavy (non-hydrogen) atoms. The highest BCUT2D eigenvalue weighted by Gasteiger charge is 2.56. The van der Waals surface area contributed by atoms with Gasteiger partial charge >= 0.3 is 0 Å². The van der Waals surface area contributed by atoms with Crippen molar-refractivity contribution in [3.05, 3.63) is 0 Å². The number of hydrogen-bond acceptors (Lipinski definition) is 26. The molecule has 4 aliphatic rings. The van der Waals surface area contributed by atoms with Crippen LogP contribution in [0.3, 0.4) is 0 Å². The number of carbonyl (C=O) groups is 2. The zero-order valence-corrected chi connectivity index (χ0v) is 33.3. The lowest BCUT2D eigenvalue weighted by Crippen LogP contribution is -2.70. The fourth-order valence-electron chi connectivity index (χ4n) is 7.42. The van der Waals surface area contributed by atoms with E-state index in [-0.39, 0.29) is 0 Å². The molecule has 4 rings (SSSR count). The van der Waals surface area contributed by atoms with Gasteiger partial charge in [-0.3, -0.25) is 9.59 Å². The van der Waals surface area contributed by atoms with Gasteiger partial charge < -0.3 is 130 Å². The van der Waals surface area contributed by atoms with Gasteiger partial charge in [0.1, 0.15) is 116 Å². The van der Waals surface area contributed by atoms with E-state index >= 15 is 0 Å². The average molecular weight is 913 g/mol. The molecule has 4 fully saturated rings. The zero-order valence-electron chi connectivity index (χ0n) is 33.3. The second-order valence-electron chi connectivity index (χ2n) is 15.2. The van der Waals surface area contributed by atoms with E-state index in [1.165, 1.54) is 0 Å². The standard InChI is InChI=1S/C34H60N2O26/c1-9(43)35-11(3-37)27(18(46)12(45)4-38)59-33-25(53)29(20(48)14(6-40)56-33)61-31-17(36-10(2)44)22(50)28(16(8-42)58-31)60-34-26(54)30(21(49)15(7-41)57-34)62-32-24(52)23(51)19(47)13(5-39)55-32/h11-34,37-42,45-54H,3-8H2,1-2H3,(H,35,43)(H,36,44)/t11-,12+,13+,14+,15+,16+,17+,18-,19-,20-,21-,22+,23-,24+,25+,26+,27+,28+,29-,30-,31-,32+,33-,34-/m0/s1. The maximum atomic E-state index is 12.4. The molecule has 4 heterocycles. The van der Waals surface area contributed by atoms with Crippen LogP contribution in [0, 0.1) is 0 Å². The van der Waals surface area contributed by atoms with Crippen LogP contribution in [0.15, 0.2) is 0 Å². The largest absolute Gasteiger partial charge is 0.394 e. The molecule has 0 aliphatic carbocycles. The Morgan fingerprint density at radius 1 is 0.516 bits per heavy atom. The smallest absolute Gasteiger partial charge is 0.217 e. The lowest BCUT2D eigenvalue weighted by Gasteiger charge is -2.50. The van der Waals surface area contributed by atoms with E-state index in [1.54, 1.807) is 0 Å². The first-order valence-corrected chi connectivity index (χ1v) is 19.5. The Bertz CT molecular complexity index is 1390. The number of rotatable bonds is 19. The number of aliphatic hydroxyl groups is 16. The van der Waals surface area contributed by atoms with E-state index in [2.05, 4.69) is 10.6 Å². The molecular formula is C34H60N2O26. The summed E-state index contributed by atoms with van der Waals surface area (Å²) in [7, 11) is 0. The maximum Gasteiger partial charge on any atom is 0.217 e. The molecule has 28 heteroatoms. The van der Waals surface area contributed by atoms with Crippen molar-refractivity contribution in [3.63, 3.8) is 0 Å². The molecule has 4 saturated heterocycles. The van der Waals surface area contributed by atoms with Crippen LogP contribution in [-0.2, 0) is 47.5 Å². The predicted molar refractivity (Wildman–Crippen MR) is 192 cm³/mol. The quantitative estimate of drug-likeness (QED) is 0.0572. The Balaban J connectivity index is 1.59. The van der Waals surface area contributed by atoms with Crippen LogP contribution in [0.5, 0.6) is 0 Å². The molecule has 18 N–H and O–H groups in total. The van der Waals surface area contributed by atoms with Crippen molar-refractivity contribution >= 4 is 11.8 Å². The third-order valence-electron chi connectivity index (χ3n) is 10.8. The van der Waals surface area contributed by atoms with Crippen LogP contribution >= 0.6 is 0 Å². The number of nitrogens with one attached hydrogen (secondary N) is 2. The maximum absolute atomic E-state index is 12.4. The Kier molecular flexibility index (Phi) is 19.9. The van der Waals surface area contributed by atoms with Gasteiger partial charge in [0.2, 0.25) is 11.8 Å². The van der Waals surface area contributed by atoms with E-state index in [4.69, 9.17) is 37.9 Å². The van der Waals surface area contributed by atoms with Crippen molar-refractivity contribution < 1.29 is 129 Å². The first kappa shape index (κ1) is 52.6. The van der Waals surface area contributed by atoms with Crippen LogP contribution < -0.4 is 10.6 Å². The first-order valence-electron chi connectivity index (χ1n) is 19.5. The molecule has 0 unspecified atom stereocenters. The summed E-state index contributed by atoms with van der Waals surface area (Å²) < 4.78 is 45.1. The van der Waals surface area contributed by atoms with Gasteiger partial charge in [0.05, 0.1) is 45.7 Å². The molecule has 0 aromatic carbocycles. The molecule has 362 valence electrons. The van der Waals surface area contributed by atoms with Gasteiger partial charge in [0.25, 0.3) is 0 Å². The Morgan fingerprint density at radius 3 is 1.45 bits per heavy atom. The minimum Gasteiger partial charge on any atom is -0.394 e. The molecular weight excluding hydrogens is 852 g/mol. The lowest BCUT2D eigenvalue weighted by atomic mass is 9.94. The fraction of sp³-hybridized carbons (Fsp3) is 0.941. The summed E-state index contributed by atoms with van der Waals surface area (Å²) in [5.41, 5.74) is 0. The number of aliphatic hydroxyl groups excluding tert-OH is 16. The van der Waals surface area contributed by atoms with E-state index in [0.29, 0.717) is 0 Å². The second kappa shape index (κ2) is 23.4. The monoisotopic (exact) mass is 912 g/mol. The fourth-order valence-corrected chi connectivity index (χ4v) is 7.42. The summed E-state index contributed by atoms with van der Waals surface area (Å²) in [6, 6.07) is -3.28. The van der Waals surface area contributed by atoms with Crippen LogP contribution in [0.25, 0.3) is 0 Å². The highest BCUT2D eigenvalue weighted by Crippen LogP contribution is 2.35. The van der Waals surface area contributed by atoms with Crippen molar-refractivity contribution in [2.45, 2.75) is 161 Å². The summed E-state index contributed by atoms with van der Waals surface area (Å²) in [5.74, 6) is -1.58. The van der Waals surface area contributed by atoms with Crippen LogP contribution in [0.4, 0.5) is 0 Å². The van der Waals surface area contributed by atoms with Crippen molar-refractivity contribution in [1.29, 1.82) is 0 Å². The highest BCUT2D eigenvalue weighted by molar-refractivity contribution is 5.73. The minimum atomic E-state index is -2.17. The molecule has 2 amide bonds. The van der Waals surface area contributed by atoms with Crippen molar-refractivity contribution in [1.82, 2.24) is 10.6 Å². The van der Waals surface area contributed by atoms with Crippen LogP contribution in [0.1, 0.15) is 13.8 Å². The lowest BCUT2D eigenvalue weighted by molar-refractivity contribution is -0.383. The molecule has 0 radical (unpaired) electrons. The summed E-state index contributed by atoms with van der Waals surface area (Å²) in [6.45, 7) is -3.74. The van der Waals surface area contributed by atoms with Gasteiger partial charge in [0, 0.05) is 13.8 Å². The van der Waals surface area contributed by atoms with E-state index in [9.17, 15) is 91.3 Å². The van der Waals surface area contributed by atoms with E-state index in [1.807, 2.05) is 0 Å². The number of ether oxygens (including phenoxy) is 8. The summed E-state index contributed by atoms with van der Waals surface area (Å²) >= 11 is 0. The molecule has 24 atom stereocenters. The third kappa shape index (κ3) is 11.9. The second-order valence-corrected chi connectivity index (χ2v) is 15.2. The number of amides is 2. The Hall–Kier alpha value is -2.02. The molecule has 4 aliphatic heterocycles. The third-order valence-corrected chi connectivity index (χ3v) is 10.8. The van der Waals surface area contributed by atoms with Crippen molar-refractivity contribution in [3.8, 4) is 0 Å². The summed E-state index contributed by atoms with van der Waals surface area (Å²) in [6.07, 6.45) is -41.8. The molecule has 28 nitrogen and oxygen atoms in total. The Labute approximate surface area is 352 Å². The summed E-state index contributed by atoms with van der Waals surface area (Å²) in [4.78, 5) is 24.3. The molecule has 0 bridgehead atoms. The SMILES string of the molecule is CC(=O)N[C@H]1[C@H](O[C@H]2[C@@H](O)[C@@H](CO)O[C@@H](O[C@@H]([C@@H](O)[C@H](O)CO)[C@H](CO)NC(C)=O)[C@@H]2O)O[C@H](CO)[C@@H](O[C@@H]2O[C@H](CO)[C@H](O)[C@H](O[C@H]3O[C@H](CO)[C@H](O)[C@H](O)[C@H]3O)[C@H]2O)[C@@H]1O. The van der Waals surface area contributed by atoms with Crippen LogP contribution in [-0.4, -0.2) is 280 Å². The molecule has 0 aromatic heterocycles. The topological polar surface area (TPSA) is 456 Å². The van der Waals surface area contributed by atoms with Gasteiger partial charge in [-0.1, -0.05) is 0 Å². The van der Waals surface area contributed by atoms with Gasteiger partial charge in [-0.05, 0) is 0 Å². The predicted octanol–water partition coefficient (Wildman–Crippen LogP) is -12.0. The van der Waals surface area contributed by atoms with Gasteiger partial charge in [-0.25, -0.2) is 0 Å². The van der Waals surface area contributed by atoms with Gasteiger partial charge in [-0.2, -0.15) is 0 Å². The van der Waals surface area contributed by atoms with E-state index < -0.39 is 199 Å². The normalized spacial score (nSPS) is 43.6. The van der Waals surface area contributed by atoms with Gasteiger partial charge in [-0.15, -0.1) is 0 Å². The number of hydrogen-bond donors (Lipinski definition) is 18. The van der Waals surface area contributed by atoms with Crippen LogP contribution in [0.2, 0.25) is 0 Å². The number of carbonyl (C=O) groups excluding carboxylic acids is 2. The zero-order chi connectivity index (χ0) is 46.3.